The minimum Gasteiger partial charge on any atom is -0.397 e. The lowest BCUT2D eigenvalue weighted by Gasteiger charge is -2.33. The fourth-order valence-electron chi connectivity index (χ4n) is 5.85. The summed E-state index contributed by atoms with van der Waals surface area (Å²) >= 11 is 0. The van der Waals surface area contributed by atoms with E-state index in [-0.39, 0.29) is 24.8 Å². The Morgan fingerprint density at radius 1 is 1.12 bits per heavy atom. The quantitative estimate of drug-likeness (QED) is 0.456. The van der Waals surface area contributed by atoms with Gasteiger partial charge in [0.25, 0.3) is 5.91 Å². The highest BCUT2D eigenvalue weighted by Crippen LogP contribution is 2.50. The molecule has 1 aromatic carbocycles. The van der Waals surface area contributed by atoms with Crippen LogP contribution in [0.3, 0.4) is 0 Å². The van der Waals surface area contributed by atoms with Crippen molar-refractivity contribution in [2.24, 2.45) is 17.8 Å². The zero-order chi connectivity index (χ0) is 24.5. The molecule has 5 N–H and O–H groups in total. The number of amides is 1. The number of halogens is 3. The van der Waals surface area contributed by atoms with Crippen molar-refractivity contribution >= 4 is 23.0 Å². The van der Waals surface area contributed by atoms with Crippen molar-refractivity contribution in [3.63, 3.8) is 0 Å². The van der Waals surface area contributed by atoms with Gasteiger partial charge >= 0.3 is 6.18 Å². The molecular weight excluding hydrogens is 445 g/mol. The van der Waals surface area contributed by atoms with Crippen LogP contribution >= 0.6 is 0 Å². The molecule has 1 amide bonds. The Bertz CT molecular complexity index is 952. The van der Waals surface area contributed by atoms with E-state index in [1.165, 1.54) is 6.42 Å². The summed E-state index contributed by atoms with van der Waals surface area (Å²) in [6.45, 7) is 5.35. The van der Waals surface area contributed by atoms with Gasteiger partial charge in [0.1, 0.15) is 0 Å². The van der Waals surface area contributed by atoms with Crippen molar-refractivity contribution < 1.29 is 23.1 Å². The lowest BCUT2D eigenvalue weighted by molar-refractivity contribution is -0.182. The number of nitrogens with zero attached hydrogens (tertiary/aromatic N) is 1. The molecule has 34 heavy (non-hydrogen) atoms. The number of nitrogens with two attached hydrogens (primary N) is 1. The van der Waals surface area contributed by atoms with Crippen LogP contribution in [0, 0.1) is 17.8 Å². The standard InChI is InChI=1S/C25H35F3N4O2/c1-23(2,34)24(7-8-24)31-20-11-21(32-12-14-9-15(14)13-32)18(10-19(20)29)22(33)30-17-5-3-16(4-6-17)25(26,27)28/h10-11,14-17,31,34H,3-9,12-13,29H2,1-2H3,(H,30,33). The van der Waals surface area contributed by atoms with E-state index in [2.05, 4.69) is 15.5 Å². The van der Waals surface area contributed by atoms with Crippen LogP contribution in [0.2, 0.25) is 0 Å². The Hall–Kier alpha value is -2.16. The molecule has 188 valence electrons. The van der Waals surface area contributed by atoms with Gasteiger partial charge in [0.15, 0.2) is 0 Å². The summed E-state index contributed by atoms with van der Waals surface area (Å²) < 4.78 is 39.0. The Balaban J connectivity index is 1.36. The second kappa shape index (κ2) is 7.93. The molecule has 0 radical (unpaired) electrons. The summed E-state index contributed by atoms with van der Waals surface area (Å²) in [5.41, 5.74) is 7.42. The van der Waals surface area contributed by atoms with Crippen LogP contribution < -0.4 is 21.3 Å². The molecule has 0 spiro atoms. The van der Waals surface area contributed by atoms with Crippen molar-refractivity contribution in [3.8, 4) is 0 Å². The number of hydrogen-bond acceptors (Lipinski definition) is 5. The molecule has 4 fully saturated rings. The van der Waals surface area contributed by atoms with Gasteiger partial charge in [-0.15, -0.1) is 0 Å². The number of aliphatic hydroxyl groups is 1. The lowest BCUT2D eigenvalue weighted by atomic mass is 9.85. The van der Waals surface area contributed by atoms with E-state index in [1.807, 2.05) is 6.07 Å². The first-order valence-electron chi connectivity index (χ1n) is 12.4. The second-order valence-electron chi connectivity index (χ2n) is 11.4. The number of nitrogen functional groups attached to an aromatic ring is 1. The number of carbonyl (C=O) groups is 1. The highest BCUT2D eigenvalue weighted by atomic mass is 19.4. The van der Waals surface area contributed by atoms with Crippen LogP contribution in [-0.4, -0.2) is 47.5 Å². The van der Waals surface area contributed by atoms with Gasteiger partial charge in [-0.3, -0.25) is 4.79 Å². The average Bonchev–Trinajstić information content (AvgIpc) is 3.66. The van der Waals surface area contributed by atoms with E-state index in [9.17, 15) is 23.1 Å². The molecular formula is C25H35F3N4O2. The number of anilines is 3. The third-order valence-electron chi connectivity index (χ3n) is 8.55. The monoisotopic (exact) mass is 480 g/mol. The van der Waals surface area contributed by atoms with Crippen LogP contribution in [-0.2, 0) is 0 Å². The summed E-state index contributed by atoms with van der Waals surface area (Å²) in [5.74, 6) is -0.241. The van der Waals surface area contributed by atoms with Crippen molar-refractivity contribution in [2.45, 2.75) is 82.2 Å². The number of hydrogen-bond donors (Lipinski definition) is 4. The molecule has 2 atom stereocenters. The highest BCUT2D eigenvalue weighted by molar-refractivity contribution is 6.02. The molecule has 3 saturated carbocycles. The van der Waals surface area contributed by atoms with Crippen molar-refractivity contribution in [1.29, 1.82) is 0 Å². The van der Waals surface area contributed by atoms with Gasteiger partial charge in [0.05, 0.1) is 39.7 Å². The summed E-state index contributed by atoms with van der Waals surface area (Å²) in [5, 5.41) is 17.1. The fourth-order valence-corrected chi connectivity index (χ4v) is 5.85. The number of rotatable bonds is 6. The zero-order valence-corrected chi connectivity index (χ0v) is 19.8. The molecule has 1 heterocycles. The smallest absolute Gasteiger partial charge is 0.391 e. The van der Waals surface area contributed by atoms with Crippen molar-refractivity contribution in [2.75, 3.05) is 29.0 Å². The maximum atomic E-state index is 13.3. The van der Waals surface area contributed by atoms with Crippen LogP contribution in [0.5, 0.6) is 0 Å². The average molecular weight is 481 g/mol. The van der Waals surface area contributed by atoms with E-state index in [4.69, 9.17) is 5.73 Å². The number of benzene rings is 1. The molecule has 1 saturated heterocycles. The molecule has 3 aliphatic carbocycles. The minimum absolute atomic E-state index is 0.0425. The molecule has 2 unspecified atom stereocenters. The van der Waals surface area contributed by atoms with Crippen molar-refractivity contribution in [3.05, 3.63) is 17.7 Å². The number of carbonyl (C=O) groups excluding carboxylic acids is 1. The lowest BCUT2D eigenvalue weighted by Crippen LogP contribution is -2.44. The van der Waals surface area contributed by atoms with Crippen LogP contribution in [0.4, 0.5) is 30.2 Å². The first-order valence-corrected chi connectivity index (χ1v) is 12.4. The third kappa shape index (κ3) is 4.43. The van der Waals surface area contributed by atoms with E-state index in [1.54, 1.807) is 19.9 Å². The molecule has 1 aliphatic heterocycles. The zero-order valence-electron chi connectivity index (χ0n) is 19.8. The van der Waals surface area contributed by atoms with Gasteiger partial charge in [0.2, 0.25) is 0 Å². The van der Waals surface area contributed by atoms with Gasteiger partial charge in [-0.1, -0.05) is 0 Å². The molecule has 4 aliphatic rings. The Morgan fingerprint density at radius 3 is 2.26 bits per heavy atom. The SMILES string of the molecule is CC(C)(O)C1(Nc2cc(N3CC4CC4C3)c(C(=O)NC3CCC(C(F)(F)F)CC3)cc2N)CC1. The Kier molecular flexibility index (Phi) is 5.50. The van der Waals surface area contributed by atoms with Gasteiger partial charge in [0, 0.05) is 19.1 Å². The predicted molar refractivity (Wildman–Crippen MR) is 126 cm³/mol. The van der Waals surface area contributed by atoms with Crippen LogP contribution in [0.1, 0.15) is 69.2 Å². The fraction of sp³-hybridized carbons (Fsp3) is 0.720. The molecule has 5 rings (SSSR count). The van der Waals surface area contributed by atoms with Gasteiger partial charge < -0.3 is 26.4 Å². The van der Waals surface area contributed by atoms with E-state index >= 15 is 0 Å². The van der Waals surface area contributed by atoms with Gasteiger partial charge in [-0.2, -0.15) is 13.2 Å². The number of nitrogens with one attached hydrogen (secondary N) is 2. The van der Waals surface area contributed by atoms with Crippen LogP contribution in [0.15, 0.2) is 12.1 Å². The Morgan fingerprint density at radius 2 is 1.74 bits per heavy atom. The van der Waals surface area contributed by atoms with Gasteiger partial charge in [-0.25, -0.2) is 0 Å². The summed E-state index contributed by atoms with van der Waals surface area (Å²) in [4.78, 5) is 15.5. The summed E-state index contributed by atoms with van der Waals surface area (Å²) in [7, 11) is 0. The van der Waals surface area contributed by atoms with E-state index in [0.29, 0.717) is 41.6 Å². The number of fused-ring (bicyclic) bond motifs is 1. The molecule has 1 aromatic rings. The minimum atomic E-state index is -4.17. The maximum absolute atomic E-state index is 13.3. The van der Waals surface area contributed by atoms with Crippen molar-refractivity contribution in [1.82, 2.24) is 5.32 Å². The number of piperidine rings is 1. The van der Waals surface area contributed by atoms with E-state index in [0.717, 1.165) is 31.6 Å². The molecule has 9 heteroatoms. The highest BCUT2D eigenvalue weighted by Gasteiger charge is 2.54. The molecule has 0 aromatic heterocycles. The molecule has 0 bridgehead atoms. The topological polar surface area (TPSA) is 90.6 Å². The Labute approximate surface area is 198 Å². The first-order chi connectivity index (χ1) is 15.9. The number of alkyl halides is 3. The van der Waals surface area contributed by atoms with Crippen LogP contribution in [0.25, 0.3) is 0 Å². The molecule has 6 nitrogen and oxygen atoms in total. The maximum Gasteiger partial charge on any atom is 0.391 e. The third-order valence-corrected chi connectivity index (χ3v) is 8.55. The summed E-state index contributed by atoms with van der Waals surface area (Å²) in [6.07, 6.45) is -0.545. The van der Waals surface area contributed by atoms with E-state index < -0.39 is 23.2 Å². The second-order valence-corrected chi connectivity index (χ2v) is 11.4. The largest absolute Gasteiger partial charge is 0.397 e. The van der Waals surface area contributed by atoms with Gasteiger partial charge in [-0.05, 0) is 82.8 Å². The predicted octanol–water partition coefficient (Wildman–Crippen LogP) is 4.29. The normalized spacial score (nSPS) is 30.0. The summed E-state index contributed by atoms with van der Waals surface area (Å²) in [6, 6.07) is 3.33. The first kappa shape index (κ1) is 23.6.